The summed E-state index contributed by atoms with van der Waals surface area (Å²) in [5.41, 5.74) is 0. The van der Waals surface area contributed by atoms with Gasteiger partial charge >= 0.3 is 39.6 Å². The van der Waals surface area contributed by atoms with Crippen LogP contribution < -0.4 is 0 Å². The van der Waals surface area contributed by atoms with E-state index in [4.69, 9.17) is 86.0 Å². The first-order valence-corrected chi connectivity index (χ1v) is 8.43. The number of hydrogen-bond donors (Lipinski definition) is 13. The first-order valence-electron chi connectivity index (χ1n) is 3.68. The molecular formula is C2H14ClO18PSSi. The molecular weight excluding hydrogens is 439 g/mol. The maximum absolute atomic E-state index is 8.88. The zero-order valence-corrected chi connectivity index (χ0v) is 14.1. The van der Waals surface area contributed by atoms with Crippen molar-refractivity contribution in [2.45, 2.75) is 0 Å². The topological polar surface area (TPSA) is 348 Å². The molecule has 0 aliphatic heterocycles. The van der Waals surface area contributed by atoms with Gasteiger partial charge in [-0.2, -0.15) is 8.42 Å². The zero-order chi connectivity index (χ0) is 20.7. The third-order valence-electron chi connectivity index (χ3n) is 0. The molecule has 0 saturated carbocycles. The minimum Gasteiger partial charge on any atom is -0.450 e. The summed E-state index contributed by atoms with van der Waals surface area (Å²) < 4.78 is 40.5. The minimum atomic E-state index is -4.67. The minimum absolute atomic E-state index is 0. The third kappa shape index (κ3) is 6410. The molecule has 24 heavy (non-hydrogen) atoms. The molecule has 0 heterocycles. The molecule has 0 fully saturated rings. The van der Waals surface area contributed by atoms with Crippen molar-refractivity contribution in [2.24, 2.45) is 0 Å². The number of phosphoric acid groups is 1. The van der Waals surface area contributed by atoms with Crippen LogP contribution in [0, 0.1) is 0 Å². The molecule has 0 rings (SSSR count). The van der Waals surface area contributed by atoms with Crippen molar-refractivity contribution in [1.82, 2.24) is 0 Å². The van der Waals surface area contributed by atoms with Gasteiger partial charge in [0, 0.05) is 0 Å². The fourth-order valence-electron chi connectivity index (χ4n) is 0. The summed E-state index contributed by atoms with van der Waals surface area (Å²) in [5.74, 6) is 0. The van der Waals surface area contributed by atoms with Crippen LogP contribution in [0.3, 0.4) is 0 Å². The van der Waals surface area contributed by atoms with E-state index in [9.17, 15) is 0 Å². The molecule has 0 atom stereocenters. The average molecular weight is 453 g/mol. The van der Waals surface area contributed by atoms with Crippen molar-refractivity contribution in [3.63, 3.8) is 0 Å². The third-order valence-corrected chi connectivity index (χ3v) is 0. The van der Waals surface area contributed by atoms with Gasteiger partial charge in [-0.15, -0.1) is 12.4 Å². The predicted molar refractivity (Wildman–Crippen MR) is 71.6 cm³/mol. The highest BCUT2D eigenvalue weighted by Crippen LogP contribution is 2.25. The zero-order valence-electron chi connectivity index (χ0n) is 10.6. The van der Waals surface area contributed by atoms with Gasteiger partial charge < -0.3 is 54.3 Å². The highest BCUT2D eigenvalue weighted by molar-refractivity contribution is 7.79. The largest absolute Gasteiger partial charge is 0.668 e. The van der Waals surface area contributed by atoms with Gasteiger partial charge in [-0.05, 0) is 0 Å². The number of hydrogen-bond acceptors (Lipinski definition) is 9. The summed E-state index contributed by atoms with van der Waals surface area (Å²) >= 11 is 0. The van der Waals surface area contributed by atoms with Crippen LogP contribution in [0.2, 0.25) is 0 Å². The second-order valence-electron chi connectivity index (χ2n) is 2.13. The molecule has 0 spiro atoms. The lowest BCUT2D eigenvalue weighted by molar-refractivity contribution is 0.117. The Morgan fingerprint density at radius 2 is 0.750 bits per heavy atom. The Kier molecular flexibility index (Phi) is 29.2. The van der Waals surface area contributed by atoms with Gasteiger partial charge in [0.05, 0.1) is 0 Å². The molecule has 0 aromatic rings. The standard InChI is InChI=1S/2CH2O3.ClH.H3O4P.H2O4S.H4O4Si/c2*2-1(3)4;;3*1-5(2,3)4/h2*(H2,2,3,4);1H;(H3,1,2,3,4);(H2,1,2,3,4);1-4H. The van der Waals surface area contributed by atoms with Crippen molar-refractivity contribution in [2.75, 3.05) is 0 Å². The molecule has 18 nitrogen and oxygen atoms in total. The first-order chi connectivity index (χ1) is 9.46. The Labute approximate surface area is 138 Å². The van der Waals surface area contributed by atoms with E-state index < -0.39 is 39.6 Å². The van der Waals surface area contributed by atoms with Crippen molar-refractivity contribution in [1.29, 1.82) is 0 Å². The summed E-state index contributed by atoms with van der Waals surface area (Å²) in [7, 11) is -13.9. The van der Waals surface area contributed by atoms with E-state index in [1.54, 1.807) is 0 Å². The summed E-state index contributed by atoms with van der Waals surface area (Å²) in [4.78, 5) is 68.0. The number of halogens is 1. The predicted octanol–water partition coefficient (Wildman–Crippen LogP) is -3.32. The van der Waals surface area contributed by atoms with Crippen LogP contribution in [0.1, 0.15) is 0 Å². The second kappa shape index (κ2) is 18.2. The summed E-state index contributed by atoms with van der Waals surface area (Å²) in [6, 6.07) is 0. The lowest BCUT2D eigenvalue weighted by Gasteiger charge is -1.91. The normalized spacial score (nSPS) is 9.38. The Morgan fingerprint density at radius 1 is 0.750 bits per heavy atom. The van der Waals surface area contributed by atoms with E-state index >= 15 is 0 Å². The first kappa shape index (κ1) is 38.4. The van der Waals surface area contributed by atoms with Gasteiger partial charge in [0.15, 0.2) is 0 Å². The second-order valence-corrected chi connectivity index (χ2v) is 5.25. The van der Waals surface area contributed by atoms with Crippen molar-refractivity contribution in [3.8, 4) is 0 Å². The van der Waals surface area contributed by atoms with Crippen LogP contribution in [-0.4, -0.2) is 93.2 Å². The maximum Gasteiger partial charge on any atom is 0.668 e. The van der Waals surface area contributed by atoms with Crippen LogP contribution in [0.15, 0.2) is 0 Å². The Morgan fingerprint density at radius 3 is 0.750 bits per heavy atom. The molecule has 0 aliphatic rings. The van der Waals surface area contributed by atoms with E-state index in [0.717, 1.165) is 0 Å². The molecule has 0 saturated heterocycles. The van der Waals surface area contributed by atoms with Crippen LogP contribution in [0.5, 0.6) is 0 Å². The van der Waals surface area contributed by atoms with Crippen LogP contribution in [0.4, 0.5) is 9.59 Å². The SMILES string of the molecule is Cl.O=C(O)O.O=C(O)O.O=P(O)(O)O.O=S(=O)(O)O.O[Si](O)(O)O. The van der Waals surface area contributed by atoms with Gasteiger partial charge in [0.1, 0.15) is 0 Å². The molecule has 0 aliphatic carbocycles. The van der Waals surface area contributed by atoms with E-state index in [1.165, 1.54) is 0 Å². The fourth-order valence-corrected chi connectivity index (χ4v) is 0. The Hall–Kier alpha value is -1.13. The summed E-state index contributed by atoms with van der Waals surface area (Å²) in [5, 5.41) is 27.9. The smallest absolute Gasteiger partial charge is 0.450 e. The van der Waals surface area contributed by atoms with Gasteiger partial charge in [-0.3, -0.25) is 9.11 Å². The van der Waals surface area contributed by atoms with E-state index in [1.807, 2.05) is 0 Å². The van der Waals surface area contributed by atoms with Gasteiger partial charge in [-0.1, -0.05) is 0 Å². The van der Waals surface area contributed by atoms with Gasteiger partial charge in [0.25, 0.3) is 0 Å². The van der Waals surface area contributed by atoms with Crippen molar-refractivity contribution < 1.29 is 86.0 Å². The average Bonchev–Trinajstić information content (AvgIpc) is 1.85. The fraction of sp³-hybridized carbons (Fsp3) is 0. The van der Waals surface area contributed by atoms with Gasteiger partial charge in [0.2, 0.25) is 0 Å². The van der Waals surface area contributed by atoms with Crippen molar-refractivity contribution >= 4 is 52.0 Å². The molecule has 22 heteroatoms. The highest BCUT2D eigenvalue weighted by atomic mass is 35.5. The highest BCUT2D eigenvalue weighted by Gasteiger charge is 2.22. The van der Waals surface area contributed by atoms with Crippen LogP contribution >= 0.6 is 20.2 Å². The van der Waals surface area contributed by atoms with E-state index in [2.05, 4.69) is 0 Å². The molecule has 13 N–H and O–H groups in total. The molecule has 0 bridgehead atoms. The van der Waals surface area contributed by atoms with Gasteiger partial charge in [-0.25, -0.2) is 14.2 Å². The monoisotopic (exact) mass is 452 g/mol. The molecule has 0 aromatic heterocycles. The molecule has 0 radical (unpaired) electrons. The molecule has 0 unspecified atom stereocenters. The number of carbonyl (C=O) groups is 2. The Bertz CT molecular complexity index is 402. The van der Waals surface area contributed by atoms with E-state index in [-0.39, 0.29) is 12.4 Å². The van der Waals surface area contributed by atoms with Crippen molar-refractivity contribution in [3.05, 3.63) is 0 Å². The molecule has 152 valence electrons. The number of carboxylic acid groups (broad SMARTS) is 4. The lowest BCUT2D eigenvalue weighted by Crippen LogP contribution is -2.33. The summed E-state index contributed by atoms with van der Waals surface area (Å²) in [6.07, 6.45) is -3.67. The maximum atomic E-state index is 8.88. The quantitative estimate of drug-likeness (QED) is 0.0969. The molecule has 0 aromatic carbocycles. The van der Waals surface area contributed by atoms with Crippen LogP contribution in [0.25, 0.3) is 0 Å². The van der Waals surface area contributed by atoms with E-state index in [0.29, 0.717) is 0 Å². The number of rotatable bonds is 0. The van der Waals surface area contributed by atoms with Crippen LogP contribution in [-0.2, 0) is 15.0 Å². The molecule has 0 amide bonds. The summed E-state index contributed by atoms with van der Waals surface area (Å²) in [6.45, 7) is 0. The Balaban J connectivity index is -0.0000000419. The lowest BCUT2D eigenvalue weighted by atomic mass is 11.5.